The molecule has 1 aliphatic carbocycles. The highest BCUT2D eigenvalue weighted by Crippen LogP contribution is 2.33. The van der Waals surface area contributed by atoms with Crippen molar-refractivity contribution in [2.24, 2.45) is 5.92 Å². The van der Waals surface area contributed by atoms with E-state index in [1.165, 1.54) is 0 Å². The molecule has 0 amide bonds. The average Bonchev–Trinajstić information content (AvgIpc) is 3.27. The van der Waals surface area contributed by atoms with Crippen LogP contribution in [-0.2, 0) is 10.0 Å². The molecule has 0 atom stereocenters. The Morgan fingerprint density at radius 3 is 2.67 bits per heavy atom. The maximum absolute atomic E-state index is 12.9. The molecule has 0 spiro atoms. The summed E-state index contributed by atoms with van der Waals surface area (Å²) in [6.45, 7) is 3.03. The molecule has 5 heteroatoms. The van der Waals surface area contributed by atoms with Gasteiger partial charge in [-0.05, 0) is 42.3 Å². The number of fused-ring (bicyclic) bond motifs is 1. The van der Waals surface area contributed by atoms with Gasteiger partial charge in [-0.15, -0.1) is 0 Å². The molecule has 112 valence electrons. The Balaban J connectivity index is 2.09. The third-order valence-corrected chi connectivity index (χ3v) is 5.99. The van der Waals surface area contributed by atoms with Gasteiger partial charge in [0.15, 0.2) is 0 Å². The van der Waals surface area contributed by atoms with Gasteiger partial charge in [0.05, 0.1) is 4.90 Å². The first-order valence-corrected chi connectivity index (χ1v) is 8.75. The zero-order valence-electron chi connectivity index (χ0n) is 12.1. The first-order valence-electron chi connectivity index (χ1n) is 7.31. The lowest BCUT2D eigenvalue weighted by Crippen LogP contribution is -2.32. The lowest BCUT2D eigenvalue weighted by atomic mass is 10.1. The van der Waals surface area contributed by atoms with Gasteiger partial charge in [-0.1, -0.05) is 25.1 Å². The highest BCUT2D eigenvalue weighted by molar-refractivity contribution is 7.89. The van der Waals surface area contributed by atoms with Crippen LogP contribution >= 0.6 is 0 Å². The molecular weight excluding hydrogens is 284 g/mol. The van der Waals surface area contributed by atoms with Gasteiger partial charge >= 0.3 is 0 Å². The summed E-state index contributed by atoms with van der Waals surface area (Å²) in [5.74, 6) is 0.533. The highest BCUT2D eigenvalue weighted by Gasteiger charge is 2.31. The summed E-state index contributed by atoms with van der Waals surface area (Å²) >= 11 is 0. The number of sulfonamides is 1. The summed E-state index contributed by atoms with van der Waals surface area (Å²) < 4.78 is 27.4. The minimum Gasteiger partial charge on any atom is -0.399 e. The Morgan fingerprint density at radius 1 is 1.24 bits per heavy atom. The molecule has 1 aliphatic rings. The first kappa shape index (κ1) is 14.4. The second kappa shape index (κ2) is 5.31. The molecule has 2 aromatic carbocycles. The van der Waals surface area contributed by atoms with Crippen molar-refractivity contribution in [1.82, 2.24) is 4.31 Å². The molecule has 0 heterocycles. The van der Waals surface area contributed by atoms with Crippen LogP contribution in [0.5, 0.6) is 0 Å². The average molecular weight is 304 g/mol. The standard InChI is InChI=1S/C16H20N2O2S/c1-2-18(11-12-6-7-12)21(19,20)16-5-3-4-13-10-14(17)8-9-15(13)16/h3-5,8-10,12H,2,6-7,11,17H2,1H3. The van der Waals surface area contributed by atoms with Crippen LogP contribution in [0.15, 0.2) is 41.3 Å². The number of benzene rings is 2. The highest BCUT2D eigenvalue weighted by atomic mass is 32.2. The minimum absolute atomic E-state index is 0.377. The lowest BCUT2D eigenvalue weighted by Gasteiger charge is -2.21. The van der Waals surface area contributed by atoms with E-state index in [4.69, 9.17) is 5.73 Å². The van der Waals surface area contributed by atoms with Crippen molar-refractivity contribution in [1.29, 1.82) is 0 Å². The molecule has 3 rings (SSSR count). The minimum atomic E-state index is -3.45. The van der Waals surface area contributed by atoms with Crippen molar-refractivity contribution >= 4 is 26.5 Å². The quantitative estimate of drug-likeness (QED) is 0.864. The molecule has 0 radical (unpaired) electrons. The van der Waals surface area contributed by atoms with Gasteiger partial charge in [0.1, 0.15) is 0 Å². The number of hydrogen-bond acceptors (Lipinski definition) is 3. The van der Waals surface area contributed by atoms with E-state index in [2.05, 4.69) is 0 Å². The first-order chi connectivity index (χ1) is 10.0. The molecule has 0 saturated heterocycles. The van der Waals surface area contributed by atoms with E-state index in [9.17, 15) is 8.42 Å². The smallest absolute Gasteiger partial charge is 0.243 e. The van der Waals surface area contributed by atoms with E-state index in [1.54, 1.807) is 28.6 Å². The Bertz CT molecular complexity index is 767. The van der Waals surface area contributed by atoms with Crippen LogP contribution in [0.2, 0.25) is 0 Å². The fourth-order valence-electron chi connectivity index (χ4n) is 2.62. The van der Waals surface area contributed by atoms with E-state index < -0.39 is 10.0 Å². The second-order valence-electron chi connectivity index (χ2n) is 5.64. The molecule has 0 unspecified atom stereocenters. The van der Waals surface area contributed by atoms with Crippen molar-refractivity contribution in [3.63, 3.8) is 0 Å². The van der Waals surface area contributed by atoms with E-state index in [0.29, 0.717) is 29.6 Å². The Hall–Kier alpha value is -1.59. The fourth-order valence-corrected chi connectivity index (χ4v) is 4.36. The van der Waals surface area contributed by atoms with Crippen LogP contribution < -0.4 is 5.73 Å². The number of anilines is 1. The molecule has 0 aliphatic heterocycles. The molecular formula is C16H20N2O2S. The zero-order valence-corrected chi connectivity index (χ0v) is 12.9. The van der Waals surface area contributed by atoms with Gasteiger partial charge in [-0.25, -0.2) is 8.42 Å². The summed E-state index contributed by atoms with van der Waals surface area (Å²) in [6, 6.07) is 10.7. The number of hydrogen-bond donors (Lipinski definition) is 1. The maximum atomic E-state index is 12.9. The molecule has 4 nitrogen and oxygen atoms in total. The predicted molar refractivity (Wildman–Crippen MR) is 85.5 cm³/mol. The third-order valence-electron chi connectivity index (χ3n) is 3.99. The number of nitrogens with zero attached hydrogens (tertiary/aromatic N) is 1. The van der Waals surface area contributed by atoms with Crippen molar-refractivity contribution in [2.45, 2.75) is 24.7 Å². The molecule has 21 heavy (non-hydrogen) atoms. The molecule has 2 N–H and O–H groups in total. The van der Waals surface area contributed by atoms with E-state index in [1.807, 2.05) is 19.1 Å². The molecule has 1 saturated carbocycles. The summed E-state index contributed by atoms with van der Waals surface area (Å²) in [7, 11) is -3.45. The predicted octanol–water partition coefficient (Wildman–Crippen LogP) is 2.84. The Labute approximate surface area is 125 Å². The normalized spacial score (nSPS) is 15.7. The van der Waals surface area contributed by atoms with Gasteiger partial charge < -0.3 is 5.73 Å². The van der Waals surface area contributed by atoms with Crippen LogP contribution in [0.3, 0.4) is 0 Å². The van der Waals surface area contributed by atoms with Crippen LogP contribution in [0.1, 0.15) is 19.8 Å². The van der Waals surface area contributed by atoms with Crippen LogP contribution in [0.25, 0.3) is 10.8 Å². The van der Waals surface area contributed by atoms with Crippen molar-refractivity contribution in [3.05, 3.63) is 36.4 Å². The summed E-state index contributed by atoms with van der Waals surface area (Å²) in [4.78, 5) is 0.377. The van der Waals surface area contributed by atoms with Crippen molar-refractivity contribution in [3.8, 4) is 0 Å². The Kier molecular flexibility index (Phi) is 3.63. The Morgan fingerprint density at radius 2 is 2.00 bits per heavy atom. The van der Waals surface area contributed by atoms with Crippen molar-refractivity contribution < 1.29 is 8.42 Å². The van der Waals surface area contributed by atoms with Crippen LogP contribution in [0, 0.1) is 5.92 Å². The summed E-state index contributed by atoms with van der Waals surface area (Å²) in [5, 5.41) is 1.60. The fraction of sp³-hybridized carbons (Fsp3) is 0.375. The largest absolute Gasteiger partial charge is 0.399 e. The molecule has 0 aromatic heterocycles. The number of nitrogen functional groups attached to an aromatic ring is 1. The lowest BCUT2D eigenvalue weighted by molar-refractivity contribution is 0.412. The molecule has 2 aromatic rings. The zero-order chi connectivity index (χ0) is 15.0. The van der Waals surface area contributed by atoms with E-state index in [0.717, 1.165) is 23.6 Å². The second-order valence-corrected chi connectivity index (χ2v) is 7.54. The van der Waals surface area contributed by atoms with Gasteiger partial charge in [0, 0.05) is 24.2 Å². The summed E-state index contributed by atoms with van der Waals surface area (Å²) in [5.41, 5.74) is 6.42. The summed E-state index contributed by atoms with van der Waals surface area (Å²) in [6.07, 6.45) is 2.27. The van der Waals surface area contributed by atoms with E-state index in [-0.39, 0.29) is 0 Å². The monoisotopic (exact) mass is 304 g/mol. The third kappa shape index (κ3) is 2.76. The number of nitrogens with two attached hydrogens (primary N) is 1. The van der Waals surface area contributed by atoms with Gasteiger partial charge in [-0.3, -0.25) is 0 Å². The van der Waals surface area contributed by atoms with Crippen molar-refractivity contribution in [2.75, 3.05) is 18.8 Å². The van der Waals surface area contributed by atoms with Gasteiger partial charge in [-0.2, -0.15) is 4.31 Å². The van der Waals surface area contributed by atoms with E-state index >= 15 is 0 Å². The van der Waals surface area contributed by atoms with Crippen LogP contribution in [-0.4, -0.2) is 25.8 Å². The SMILES string of the molecule is CCN(CC1CC1)S(=O)(=O)c1cccc2cc(N)ccc12. The number of rotatable bonds is 5. The topological polar surface area (TPSA) is 63.4 Å². The molecule has 0 bridgehead atoms. The van der Waals surface area contributed by atoms with Gasteiger partial charge in [0.2, 0.25) is 10.0 Å². The maximum Gasteiger partial charge on any atom is 0.243 e. The van der Waals surface area contributed by atoms with Crippen LogP contribution in [0.4, 0.5) is 5.69 Å². The van der Waals surface area contributed by atoms with Gasteiger partial charge in [0.25, 0.3) is 0 Å². The molecule has 1 fully saturated rings.